The molecular formula is C5H6F4. The normalized spacial score (nSPS) is 36.0. The summed E-state index contributed by atoms with van der Waals surface area (Å²) in [6, 6.07) is 0. The third kappa shape index (κ3) is 1.34. The molecule has 4 heteroatoms. The summed E-state index contributed by atoms with van der Waals surface area (Å²) in [5, 5.41) is 0. The van der Waals surface area contributed by atoms with E-state index in [9.17, 15) is 17.6 Å². The Bertz CT molecular complexity index is 100. The van der Waals surface area contributed by atoms with Crippen LogP contribution < -0.4 is 0 Å². The number of alkyl halides is 4. The van der Waals surface area contributed by atoms with Crippen LogP contribution in [0.1, 0.15) is 12.8 Å². The van der Waals surface area contributed by atoms with Crippen molar-refractivity contribution in [3.63, 3.8) is 0 Å². The van der Waals surface area contributed by atoms with Gasteiger partial charge >= 0.3 is 6.18 Å². The highest BCUT2D eigenvalue weighted by molar-refractivity contribution is 4.83. The number of hydrogen-bond donors (Lipinski definition) is 0. The van der Waals surface area contributed by atoms with E-state index in [1.165, 1.54) is 0 Å². The maximum absolute atomic E-state index is 11.8. The van der Waals surface area contributed by atoms with Gasteiger partial charge in [-0.05, 0) is 12.8 Å². The molecule has 0 nitrogen and oxygen atoms in total. The van der Waals surface area contributed by atoms with Gasteiger partial charge in [-0.2, -0.15) is 13.2 Å². The van der Waals surface area contributed by atoms with Crippen LogP contribution in [-0.4, -0.2) is 12.3 Å². The van der Waals surface area contributed by atoms with Gasteiger partial charge in [0.2, 0.25) is 0 Å². The summed E-state index contributed by atoms with van der Waals surface area (Å²) in [5.41, 5.74) is 0. The molecule has 0 aromatic carbocycles. The molecule has 54 valence electrons. The van der Waals surface area contributed by atoms with Crippen molar-refractivity contribution < 1.29 is 17.6 Å². The van der Waals surface area contributed by atoms with Gasteiger partial charge in [-0.3, -0.25) is 0 Å². The SMILES string of the molecule is FC1CC(C(F)(F)F)C1. The fourth-order valence-corrected chi connectivity index (χ4v) is 0.816. The zero-order chi connectivity index (χ0) is 7.07. The van der Waals surface area contributed by atoms with Gasteiger partial charge in [-0.15, -0.1) is 0 Å². The Hall–Kier alpha value is -0.280. The van der Waals surface area contributed by atoms with Crippen molar-refractivity contribution in [1.29, 1.82) is 0 Å². The summed E-state index contributed by atoms with van der Waals surface area (Å²) in [6.45, 7) is 0. The van der Waals surface area contributed by atoms with Crippen molar-refractivity contribution in [2.75, 3.05) is 0 Å². The topological polar surface area (TPSA) is 0 Å². The monoisotopic (exact) mass is 142 g/mol. The predicted octanol–water partition coefficient (Wildman–Crippen LogP) is 2.30. The quantitative estimate of drug-likeness (QED) is 0.455. The molecule has 1 aliphatic carbocycles. The van der Waals surface area contributed by atoms with E-state index in [-0.39, 0.29) is 12.8 Å². The minimum absolute atomic E-state index is 0.330. The lowest BCUT2D eigenvalue weighted by Gasteiger charge is -2.30. The standard InChI is InChI=1S/C5H6F4/c6-4-1-3(2-4)5(7,8)9/h3-4H,1-2H2. The summed E-state index contributed by atoms with van der Waals surface area (Å²) in [4.78, 5) is 0. The van der Waals surface area contributed by atoms with Crippen LogP contribution in [0.15, 0.2) is 0 Å². The maximum Gasteiger partial charge on any atom is 0.392 e. The fraction of sp³-hybridized carbons (Fsp3) is 1.00. The van der Waals surface area contributed by atoms with E-state index in [0.29, 0.717) is 0 Å². The Labute approximate surface area is 49.9 Å². The van der Waals surface area contributed by atoms with E-state index in [1.54, 1.807) is 0 Å². The van der Waals surface area contributed by atoms with Crippen molar-refractivity contribution >= 4 is 0 Å². The highest BCUT2D eigenvalue weighted by Gasteiger charge is 2.47. The van der Waals surface area contributed by atoms with E-state index in [4.69, 9.17) is 0 Å². The molecule has 0 saturated heterocycles. The van der Waals surface area contributed by atoms with Gasteiger partial charge in [-0.25, -0.2) is 4.39 Å². The molecule has 0 spiro atoms. The van der Waals surface area contributed by atoms with Gasteiger partial charge in [0.15, 0.2) is 0 Å². The van der Waals surface area contributed by atoms with E-state index >= 15 is 0 Å². The van der Waals surface area contributed by atoms with Gasteiger partial charge in [0.05, 0.1) is 5.92 Å². The Morgan fingerprint density at radius 3 is 1.67 bits per heavy atom. The zero-order valence-corrected chi connectivity index (χ0v) is 4.58. The first-order valence-corrected chi connectivity index (χ1v) is 2.71. The lowest BCUT2D eigenvalue weighted by atomic mass is 9.83. The van der Waals surface area contributed by atoms with Crippen molar-refractivity contribution in [3.8, 4) is 0 Å². The van der Waals surface area contributed by atoms with Crippen LogP contribution in [0.5, 0.6) is 0 Å². The molecule has 0 heterocycles. The zero-order valence-electron chi connectivity index (χ0n) is 4.58. The lowest BCUT2D eigenvalue weighted by molar-refractivity contribution is -0.205. The van der Waals surface area contributed by atoms with E-state index in [2.05, 4.69) is 0 Å². The highest BCUT2D eigenvalue weighted by Crippen LogP contribution is 2.42. The second-order valence-electron chi connectivity index (χ2n) is 2.31. The van der Waals surface area contributed by atoms with E-state index in [0.717, 1.165) is 0 Å². The summed E-state index contributed by atoms with van der Waals surface area (Å²) >= 11 is 0. The second kappa shape index (κ2) is 1.85. The summed E-state index contributed by atoms with van der Waals surface area (Å²) in [6.07, 6.45) is -6.04. The number of hydrogen-bond acceptors (Lipinski definition) is 0. The predicted molar refractivity (Wildman–Crippen MR) is 23.7 cm³/mol. The average Bonchev–Trinajstić information content (AvgIpc) is 1.55. The van der Waals surface area contributed by atoms with Gasteiger partial charge in [0.25, 0.3) is 0 Å². The summed E-state index contributed by atoms with van der Waals surface area (Å²) in [7, 11) is 0. The molecule has 0 bridgehead atoms. The second-order valence-corrected chi connectivity index (χ2v) is 2.31. The van der Waals surface area contributed by atoms with Crippen molar-refractivity contribution in [2.24, 2.45) is 5.92 Å². The molecular weight excluding hydrogens is 136 g/mol. The molecule has 1 saturated carbocycles. The molecule has 0 amide bonds. The van der Waals surface area contributed by atoms with E-state index in [1.807, 2.05) is 0 Å². The molecule has 0 N–H and O–H groups in total. The molecule has 0 atom stereocenters. The Kier molecular flexibility index (Phi) is 1.41. The van der Waals surface area contributed by atoms with Crippen LogP contribution in [0.25, 0.3) is 0 Å². The van der Waals surface area contributed by atoms with Gasteiger partial charge < -0.3 is 0 Å². The smallest absolute Gasteiger partial charge is 0.247 e. The number of halogens is 4. The maximum atomic E-state index is 11.8. The van der Waals surface area contributed by atoms with Crippen LogP contribution in [0.4, 0.5) is 17.6 Å². The molecule has 0 aromatic rings. The third-order valence-corrected chi connectivity index (χ3v) is 1.54. The summed E-state index contributed by atoms with van der Waals surface area (Å²) in [5.74, 6) is -1.37. The van der Waals surface area contributed by atoms with Crippen LogP contribution in [0.2, 0.25) is 0 Å². The largest absolute Gasteiger partial charge is 0.392 e. The molecule has 1 aliphatic rings. The van der Waals surface area contributed by atoms with Crippen LogP contribution >= 0.6 is 0 Å². The Morgan fingerprint density at radius 1 is 1.11 bits per heavy atom. The van der Waals surface area contributed by atoms with Crippen molar-refractivity contribution in [1.82, 2.24) is 0 Å². The van der Waals surface area contributed by atoms with Crippen LogP contribution in [0, 0.1) is 5.92 Å². The molecule has 9 heavy (non-hydrogen) atoms. The first kappa shape index (κ1) is 6.83. The minimum atomic E-state index is -4.16. The Morgan fingerprint density at radius 2 is 1.56 bits per heavy atom. The van der Waals surface area contributed by atoms with Gasteiger partial charge in [-0.1, -0.05) is 0 Å². The average molecular weight is 142 g/mol. The van der Waals surface area contributed by atoms with Gasteiger partial charge in [0.1, 0.15) is 6.17 Å². The van der Waals surface area contributed by atoms with E-state index < -0.39 is 18.3 Å². The van der Waals surface area contributed by atoms with Crippen LogP contribution in [-0.2, 0) is 0 Å². The highest BCUT2D eigenvalue weighted by atomic mass is 19.4. The van der Waals surface area contributed by atoms with Crippen molar-refractivity contribution in [2.45, 2.75) is 25.2 Å². The number of rotatable bonds is 0. The Balaban J connectivity index is 2.32. The minimum Gasteiger partial charge on any atom is -0.247 e. The van der Waals surface area contributed by atoms with Crippen molar-refractivity contribution in [3.05, 3.63) is 0 Å². The molecule has 0 aromatic heterocycles. The third-order valence-electron chi connectivity index (χ3n) is 1.54. The molecule has 0 radical (unpaired) electrons. The van der Waals surface area contributed by atoms with Gasteiger partial charge in [0, 0.05) is 0 Å². The molecule has 0 unspecified atom stereocenters. The van der Waals surface area contributed by atoms with Crippen LogP contribution in [0.3, 0.4) is 0 Å². The first-order chi connectivity index (χ1) is 4.00. The molecule has 1 fully saturated rings. The molecule has 1 rings (SSSR count). The lowest BCUT2D eigenvalue weighted by Crippen LogP contribution is -2.36. The fourth-order valence-electron chi connectivity index (χ4n) is 0.816. The first-order valence-electron chi connectivity index (χ1n) is 2.71. The molecule has 0 aliphatic heterocycles. The summed E-state index contributed by atoms with van der Waals surface area (Å²) < 4.78 is 46.3.